The Morgan fingerprint density at radius 2 is 2.00 bits per heavy atom. The first-order chi connectivity index (χ1) is 15.6. The van der Waals surface area contributed by atoms with E-state index in [0.717, 1.165) is 44.5 Å². The van der Waals surface area contributed by atoms with Gasteiger partial charge in [-0.15, -0.1) is 10.2 Å². The fourth-order valence-corrected chi connectivity index (χ4v) is 5.66. The zero-order chi connectivity index (χ0) is 22.1. The molecule has 1 N–H and O–H groups in total. The first-order valence-electron chi connectivity index (χ1n) is 10.5. The van der Waals surface area contributed by atoms with E-state index in [1.165, 1.54) is 0 Å². The quantitative estimate of drug-likeness (QED) is 0.333. The summed E-state index contributed by atoms with van der Waals surface area (Å²) < 4.78 is 12.2. The van der Waals surface area contributed by atoms with Gasteiger partial charge in [0.1, 0.15) is 16.3 Å². The summed E-state index contributed by atoms with van der Waals surface area (Å²) in [5, 5.41) is 13.4. The van der Waals surface area contributed by atoms with Crippen LogP contribution >= 0.6 is 23.1 Å². The van der Waals surface area contributed by atoms with Crippen molar-refractivity contribution in [2.24, 2.45) is 5.92 Å². The van der Waals surface area contributed by atoms with Gasteiger partial charge >= 0.3 is 0 Å². The molecule has 1 amide bonds. The van der Waals surface area contributed by atoms with Crippen LogP contribution in [0.4, 0.5) is 0 Å². The molecule has 1 aliphatic carbocycles. The van der Waals surface area contributed by atoms with Gasteiger partial charge in [-0.3, -0.25) is 4.79 Å². The molecule has 1 fully saturated rings. The number of benzene rings is 2. The molecule has 8 heteroatoms. The van der Waals surface area contributed by atoms with E-state index in [9.17, 15) is 4.79 Å². The summed E-state index contributed by atoms with van der Waals surface area (Å²) in [7, 11) is 1.65. The zero-order valence-electron chi connectivity index (χ0n) is 17.8. The first-order valence-corrected chi connectivity index (χ1v) is 12.3. The van der Waals surface area contributed by atoms with Crippen LogP contribution in [0.3, 0.4) is 0 Å². The molecular formula is C24H23N3O3S2. The van der Waals surface area contributed by atoms with Gasteiger partial charge < -0.3 is 14.5 Å². The summed E-state index contributed by atoms with van der Waals surface area (Å²) in [5.41, 5.74) is 2.69. The van der Waals surface area contributed by atoms with E-state index < -0.39 is 0 Å². The zero-order valence-corrected chi connectivity index (χ0v) is 19.5. The number of furan rings is 1. The summed E-state index contributed by atoms with van der Waals surface area (Å²) in [6, 6.07) is 15.7. The molecule has 4 aromatic rings. The number of ether oxygens (including phenoxy) is 1. The Balaban J connectivity index is 1.42. The van der Waals surface area contributed by atoms with Gasteiger partial charge in [-0.1, -0.05) is 53.4 Å². The molecule has 1 atom stereocenters. The summed E-state index contributed by atoms with van der Waals surface area (Å²) >= 11 is 3.13. The highest BCUT2D eigenvalue weighted by Gasteiger charge is 2.35. The number of carbonyl (C=O) groups excluding carboxylic acids is 1. The normalized spacial score (nSPS) is 14.4. The van der Waals surface area contributed by atoms with Crippen LogP contribution in [0.5, 0.6) is 5.75 Å². The second-order valence-corrected chi connectivity index (χ2v) is 10.2. The molecule has 2 heterocycles. The molecule has 2 aromatic carbocycles. The van der Waals surface area contributed by atoms with E-state index in [-0.39, 0.29) is 11.9 Å². The molecule has 0 saturated heterocycles. The number of rotatable bonds is 8. The second-order valence-electron chi connectivity index (χ2n) is 7.84. The van der Waals surface area contributed by atoms with Crippen LogP contribution in [-0.2, 0) is 5.75 Å². The maximum Gasteiger partial charge on any atom is 0.287 e. The summed E-state index contributed by atoms with van der Waals surface area (Å²) in [6.07, 6.45) is 2.21. The predicted molar refractivity (Wildman–Crippen MR) is 126 cm³/mol. The van der Waals surface area contributed by atoms with E-state index in [2.05, 4.69) is 15.5 Å². The molecule has 0 bridgehead atoms. The van der Waals surface area contributed by atoms with Gasteiger partial charge in [-0.2, -0.15) is 0 Å². The lowest BCUT2D eigenvalue weighted by Gasteiger charge is -2.19. The Hall–Kier alpha value is -2.84. The maximum absolute atomic E-state index is 13.4. The minimum absolute atomic E-state index is 0.0482. The average Bonchev–Trinajstić information content (AvgIpc) is 3.47. The van der Waals surface area contributed by atoms with Crippen molar-refractivity contribution in [2.45, 2.75) is 35.9 Å². The Morgan fingerprint density at radius 3 is 2.69 bits per heavy atom. The number of nitrogens with one attached hydrogen (secondary N) is 1. The number of thioether (sulfide) groups is 1. The Morgan fingerprint density at radius 1 is 1.22 bits per heavy atom. The highest BCUT2D eigenvalue weighted by molar-refractivity contribution is 8.00. The molecule has 6 nitrogen and oxygen atoms in total. The smallest absolute Gasteiger partial charge is 0.287 e. The van der Waals surface area contributed by atoms with Gasteiger partial charge in [0.2, 0.25) is 0 Å². The molecule has 0 radical (unpaired) electrons. The second kappa shape index (κ2) is 8.96. The molecule has 2 aromatic heterocycles. The number of methoxy groups -OCH3 is 1. The van der Waals surface area contributed by atoms with Crippen molar-refractivity contribution in [3.8, 4) is 5.75 Å². The minimum atomic E-state index is -0.182. The predicted octanol–water partition coefficient (Wildman–Crippen LogP) is 5.77. The Labute approximate surface area is 194 Å². The lowest BCUT2D eigenvalue weighted by atomic mass is 10.0. The van der Waals surface area contributed by atoms with E-state index in [0.29, 0.717) is 23.0 Å². The number of aryl methyl sites for hydroxylation is 1. The third kappa shape index (κ3) is 4.38. The minimum Gasteiger partial charge on any atom is -0.497 e. The molecule has 0 aliphatic heterocycles. The lowest BCUT2D eigenvalue weighted by Crippen LogP contribution is -2.30. The largest absolute Gasteiger partial charge is 0.497 e. The van der Waals surface area contributed by atoms with Gasteiger partial charge in [0, 0.05) is 16.7 Å². The summed E-state index contributed by atoms with van der Waals surface area (Å²) in [4.78, 5) is 13.4. The number of nitrogens with zero attached hydrogens (tertiary/aromatic N) is 2. The van der Waals surface area contributed by atoms with E-state index >= 15 is 0 Å². The van der Waals surface area contributed by atoms with Crippen molar-refractivity contribution in [3.05, 3.63) is 70.4 Å². The monoisotopic (exact) mass is 465 g/mol. The van der Waals surface area contributed by atoms with Gasteiger partial charge in [0.15, 0.2) is 10.1 Å². The van der Waals surface area contributed by atoms with Crippen LogP contribution < -0.4 is 10.1 Å². The number of fused-ring (bicyclic) bond motifs is 1. The summed E-state index contributed by atoms with van der Waals surface area (Å²) in [5.74, 6) is 2.03. The molecule has 5 rings (SSSR count). The number of hydrogen-bond donors (Lipinski definition) is 1. The fraction of sp³-hybridized carbons (Fsp3) is 0.292. The van der Waals surface area contributed by atoms with Crippen molar-refractivity contribution in [3.63, 3.8) is 0 Å². The van der Waals surface area contributed by atoms with E-state index in [4.69, 9.17) is 9.15 Å². The average molecular weight is 466 g/mol. The van der Waals surface area contributed by atoms with Crippen LogP contribution in [0, 0.1) is 12.8 Å². The number of amides is 1. The van der Waals surface area contributed by atoms with Crippen molar-refractivity contribution in [2.75, 3.05) is 7.11 Å². The van der Waals surface area contributed by atoms with E-state index in [1.807, 2.05) is 55.5 Å². The van der Waals surface area contributed by atoms with Crippen LogP contribution in [0.2, 0.25) is 0 Å². The molecule has 1 unspecified atom stereocenters. The Kier molecular flexibility index (Phi) is 5.89. The fourth-order valence-electron chi connectivity index (χ4n) is 3.82. The molecule has 1 aliphatic rings. The number of hydrogen-bond acceptors (Lipinski definition) is 7. The van der Waals surface area contributed by atoms with Crippen LogP contribution in [-0.4, -0.2) is 23.2 Å². The third-order valence-electron chi connectivity index (χ3n) is 5.61. The highest BCUT2D eigenvalue weighted by Crippen LogP contribution is 2.42. The Bertz CT molecular complexity index is 1250. The lowest BCUT2D eigenvalue weighted by molar-refractivity contribution is 0.0904. The molecule has 0 spiro atoms. The summed E-state index contributed by atoms with van der Waals surface area (Å²) in [6.45, 7) is 1.94. The van der Waals surface area contributed by atoms with Gasteiger partial charge in [0.25, 0.3) is 5.91 Å². The van der Waals surface area contributed by atoms with Crippen LogP contribution in [0.15, 0.2) is 57.3 Å². The van der Waals surface area contributed by atoms with Crippen molar-refractivity contribution in [1.29, 1.82) is 0 Å². The van der Waals surface area contributed by atoms with E-state index in [1.54, 1.807) is 30.2 Å². The van der Waals surface area contributed by atoms with Crippen molar-refractivity contribution < 1.29 is 13.9 Å². The van der Waals surface area contributed by atoms with Gasteiger partial charge in [-0.25, -0.2) is 0 Å². The molecule has 1 saturated carbocycles. The number of para-hydroxylation sites is 1. The number of aromatic nitrogens is 2. The van der Waals surface area contributed by atoms with Gasteiger partial charge in [-0.05, 0) is 49.4 Å². The van der Waals surface area contributed by atoms with Gasteiger partial charge in [0.05, 0.1) is 13.2 Å². The van der Waals surface area contributed by atoms with Crippen molar-refractivity contribution >= 4 is 40.0 Å². The topological polar surface area (TPSA) is 77.2 Å². The third-order valence-corrected chi connectivity index (χ3v) is 7.61. The first kappa shape index (κ1) is 21.0. The SMILES string of the molecule is COc1ccc(C(NC(=O)c2oc3ccccc3c2CSc2nnc(C)s2)C2CC2)cc1. The molecular weight excluding hydrogens is 442 g/mol. The maximum atomic E-state index is 13.4. The van der Waals surface area contributed by atoms with Crippen LogP contribution in [0.25, 0.3) is 11.0 Å². The molecule has 164 valence electrons. The molecule has 32 heavy (non-hydrogen) atoms. The van der Waals surface area contributed by atoms with Crippen molar-refractivity contribution in [1.82, 2.24) is 15.5 Å². The van der Waals surface area contributed by atoms with Crippen LogP contribution in [0.1, 0.15) is 45.6 Å². The standard InChI is InChI=1S/C24H23N3O3S2/c1-14-26-27-24(32-14)31-13-19-18-5-3-4-6-20(18)30-22(19)23(28)25-21(15-7-8-15)16-9-11-17(29-2)12-10-16/h3-6,9-12,15,21H,7-8,13H2,1-2H3,(H,25,28). The number of carbonyl (C=O) groups is 1. The highest BCUT2D eigenvalue weighted by atomic mass is 32.2.